The van der Waals surface area contributed by atoms with Crippen LogP contribution in [0.15, 0.2) is 52.7 Å². The van der Waals surface area contributed by atoms with E-state index in [1.807, 2.05) is 5.38 Å². The second-order valence-electron chi connectivity index (χ2n) is 7.07. The van der Waals surface area contributed by atoms with E-state index in [1.54, 1.807) is 23.5 Å². The van der Waals surface area contributed by atoms with E-state index in [4.69, 9.17) is 21.3 Å². The number of hydrogen-bond donors (Lipinski definition) is 0. The number of ether oxygens (including phenoxy) is 1. The van der Waals surface area contributed by atoms with Crippen molar-refractivity contribution in [1.82, 2.24) is 9.29 Å². The van der Waals surface area contributed by atoms with Gasteiger partial charge in [0, 0.05) is 42.1 Å². The molecule has 0 saturated carbocycles. The fourth-order valence-corrected chi connectivity index (χ4v) is 6.11. The zero-order valence-electron chi connectivity index (χ0n) is 16.7. The maximum atomic E-state index is 13.1. The molecular weight excluding hydrogens is 442 g/mol. The van der Waals surface area contributed by atoms with E-state index < -0.39 is 10.0 Å². The van der Waals surface area contributed by atoms with Crippen molar-refractivity contribution in [2.75, 3.05) is 38.2 Å². The first kappa shape index (κ1) is 21.1. The Morgan fingerprint density at radius 2 is 1.77 bits per heavy atom. The van der Waals surface area contributed by atoms with Gasteiger partial charge in [0.15, 0.2) is 5.13 Å². The third-order valence-electron chi connectivity index (χ3n) is 5.09. The van der Waals surface area contributed by atoms with E-state index >= 15 is 0 Å². The number of halogens is 1. The molecule has 1 saturated heterocycles. The first-order valence-electron chi connectivity index (χ1n) is 9.50. The van der Waals surface area contributed by atoms with Gasteiger partial charge in [-0.3, -0.25) is 0 Å². The molecule has 158 valence electrons. The van der Waals surface area contributed by atoms with Crippen molar-refractivity contribution in [3.63, 3.8) is 0 Å². The minimum absolute atomic E-state index is 0.0989. The Labute approximate surface area is 185 Å². The molecule has 0 radical (unpaired) electrons. The number of nitrogens with zero attached hydrogens (tertiary/aromatic N) is 3. The molecule has 2 heterocycles. The quantitative estimate of drug-likeness (QED) is 0.564. The monoisotopic (exact) mass is 463 g/mol. The van der Waals surface area contributed by atoms with E-state index in [0.717, 1.165) is 16.4 Å². The molecule has 0 amide bonds. The first-order valence-corrected chi connectivity index (χ1v) is 12.2. The topological polar surface area (TPSA) is 62.7 Å². The molecule has 1 aromatic heterocycles. The van der Waals surface area contributed by atoms with Crippen molar-refractivity contribution in [2.24, 2.45) is 0 Å². The molecule has 2 aromatic carbocycles. The number of aryl methyl sites for hydroxylation is 1. The molecule has 0 aliphatic carbocycles. The Morgan fingerprint density at radius 3 is 2.43 bits per heavy atom. The molecule has 1 fully saturated rings. The third-order valence-corrected chi connectivity index (χ3v) is 8.15. The number of thiazole rings is 1. The van der Waals surface area contributed by atoms with Gasteiger partial charge in [-0.05, 0) is 25.1 Å². The highest BCUT2D eigenvalue weighted by atomic mass is 35.5. The summed E-state index contributed by atoms with van der Waals surface area (Å²) in [5.41, 5.74) is 3.23. The summed E-state index contributed by atoms with van der Waals surface area (Å²) in [7, 11) is -2.24. The van der Waals surface area contributed by atoms with Gasteiger partial charge in [-0.1, -0.05) is 41.4 Å². The Bertz CT molecular complexity index is 1140. The van der Waals surface area contributed by atoms with Gasteiger partial charge in [0.05, 0.1) is 12.8 Å². The van der Waals surface area contributed by atoms with Gasteiger partial charge < -0.3 is 9.64 Å². The van der Waals surface area contributed by atoms with Crippen LogP contribution < -0.4 is 9.64 Å². The van der Waals surface area contributed by atoms with Gasteiger partial charge in [0.1, 0.15) is 10.6 Å². The molecule has 30 heavy (non-hydrogen) atoms. The van der Waals surface area contributed by atoms with Gasteiger partial charge in [-0.25, -0.2) is 13.4 Å². The lowest BCUT2D eigenvalue weighted by Gasteiger charge is -2.34. The van der Waals surface area contributed by atoms with E-state index in [2.05, 4.69) is 36.1 Å². The van der Waals surface area contributed by atoms with Gasteiger partial charge >= 0.3 is 0 Å². The Hall–Kier alpha value is -2.13. The number of benzene rings is 2. The Kier molecular flexibility index (Phi) is 6.02. The van der Waals surface area contributed by atoms with Crippen LogP contribution in [0, 0.1) is 6.92 Å². The highest BCUT2D eigenvalue weighted by Crippen LogP contribution is 2.32. The Morgan fingerprint density at radius 1 is 1.07 bits per heavy atom. The molecule has 1 aliphatic rings. The molecule has 0 unspecified atom stereocenters. The lowest BCUT2D eigenvalue weighted by molar-refractivity contribution is 0.374. The van der Waals surface area contributed by atoms with Crippen LogP contribution in [0.5, 0.6) is 5.75 Å². The zero-order valence-corrected chi connectivity index (χ0v) is 19.1. The molecule has 1 aliphatic heterocycles. The SMILES string of the molecule is COc1ccc(Cl)cc1S(=O)(=O)N1CCN(c2nc(-c3ccc(C)cc3)cs2)CC1. The minimum Gasteiger partial charge on any atom is -0.495 e. The molecule has 0 N–H and O–H groups in total. The summed E-state index contributed by atoms with van der Waals surface area (Å²) in [4.78, 5) is 6.98. The number of sulfonamides is 1. The summed E-state index contributed by atoms with van der Waals surface area (Å²) in [6.07, 6.45) is 0. The Balaban J connectivity index is 1.48. The van der Waals surface area contributed by atoms with Crippen molar-refractivity contribution in [2.45, 2.75) is 11.8 Å². The summed E-state index contributed by atoms with van der Waals surface area (Å²) in [5, 5.41) is 3.31. The van der Waals surface area contributed by atoms with Gasteiger partial charge in [-0.2, -0.15) is 4.31 Å². The second-order valence-corrected chi connectivity index (χ2v) is 10.2. The van der Waals surface area contributed by atoms with Crippen LogP contribution in [0.4, 0.5) is 5.13 Å². The normalized spacial score (nSPS) is 15.4. The summed E-state index contributed by atoms with van der Waals surface area (Å²) < 4.78 is 33.0. The highest BCUT2D eigenvalue weighted by Gasteiger charge is 2.31. The lowest BCUT2D eigenvalue weighted by atomic mass is 10.1. The number of rotatable bonds is 5. The predicted molar refractivity (Wildman–Crippen MR) is 121 cm³/mol. The number of hydrogen-bond acceptors (Lipinski definition) is 6. The van der Waals surface area contributed by atoms with Crippen LogP contribution in [0.3, 0.4) is 0 Å². The van der Waals surface area contributed by atoms with Crippen LogP contribution >= 0.6 is 22.9 Å². The van der Waals surface area contributed by atoms with E-state index in [1.165, 1.54) is 23.0 Å². The third kappa shape index (κ3) is 4.18. The molecular formula is C21H22ClN3O3S2. The van der Waals surface area contributed by atoms with Crippen molar-refractivity contribution in [3.8, 4) is 17.0 Å². The second kappa shape index (κ2) is 8.55. The summed E-state index contributed by atoms with van der Waals surface area (Å²) in [6, 6.07) is 12.9. The van der Waals surface area contributed by atoms with Gasteiger partial charge in [0.2, 0.25) is 10.0 Å². The predicted octanol–water partition coefficient (Wildman–Crippen LogP) is 4.29. The van der Waals surface area contributed by atoms with Crippen LogP contribution in [0.1, 0.15) is 5.56 Å². The maximum Gasteiger partial charge on any atom is 0.246 e. The summed E-state index contributed by atoms with van der Waals surface area (Å²) >= 11 is 7.61. The van der Waals surface area contributed by atoms with E-state index in [9.17, 15) is 8.42 Å². The fraction of sp³-hybridized carbons (Fsp3) is 0.286. The van der Waals surface area contributed by atoms with Gasteiger partial charge in [-0.15, -0.1) is 11.3 Å². The van der Waals surface area contributed by atoms with Crippen molar-refractivity contribution < 1.29 is 13.2 Å². The van der Waals surface area contributed by atoms with Crippen molar-refractivity contribution >= 4 is 38.1 Å². The number of methoxy groups -OCH3 is 1. The maximum absolute atomic E-state index is 13.1. The van der Waals surface area contributed by atoms with Crippen LogP contribution in [0.25, 0.3) is 11.3 Å². The molecule has 0 bridgehead atoms. The average molecular weight is 464 g/mol. The van der Waals surface area contributed by atoms with Crippen LogP contribution in [0.2, 0.25) is 5.02 Å². The zero-order chi connectivity index (χ0) is 21.3. The summed E-state index contributed by atoms with van der Waals surface area (Å²) in [5.74, 6) is 0.296. The first-order chi connectivity index (χ1) is 14.4. The smallest absolute Gasteiger partial charge is 0.246 e. The highest BCUT2D eigenvalue weighted by molar-refractivity contribution is 7.89. The average Bonchev–Trinajstić information content (AvgIpc) is 3.24. The molecule has 9 heteroatoms. The minimum atomic E-state index is -3.69. The molecule has 3 aromatic rings. The largest absolute Gasteiger partial charge is 0.495 e. The van der Waals surface area contributed by atoms with Crippen molar-refractivity contribution in [3.05, 3.63) is 58.4 Å². The van der Waals surface area contributed by atoms with Gasteiger partial charge in [0.25, 0.3) is 0 Å². The van der Waals surface area contributed by atoms with Crippen LogP contribution in [-0.4, -0.2) is 51.0 Å². The van der Waals surface area contributed by atoms with Crippen LogP contribution in [-0.2, 0) is 10.0 Å². The molecule has 0 spiro atoms. The molecule has 6 nitrogen and oxygen atoms in total. The van der Waals surface area contributed by atoms with E-state index in [-0.39, 0.29) is 4.90 Å². The fourth-order valence-electron chi connectivity index (χ4n) is 3.38. The van der Waals surface area contributed by atoms with E-state index in [0.29, 0.717) is 37.0 Å². The number of anilines is 1. The summed E-state index contributed by atoms with van der Waals surface area (Å²) in [6.45, 7) is 3.95. The number of aromatic nitrogens is 1. The lowest BCUT2D eigenvalue weighted by Crippen LogP contribution is -2.48. The van der Waals surface area contributed by atoms with Crippen molar-refractivity contribution in [1.29, 1.82) is 0 Å². The number of piperazine rings is 1. The molecule has 4 rings (SSSR count). The standard InChI is InChI=1S/C21H22ClN3O3S2/c1-15-3-5-16(6-4-15)18-14-29-21(23-18)24-9-11-25(12-10-24)30(26,27)20-13-17(22)7-8-19(20)28-2/h3-8,13-14H,9-12H2,1-2H3. The molecule has 0 atom stereocenters.